The average molecular weight is 265 g/mol. The molecule has 15 heavy (non-hydrogen) atoms. The van der Waals surface area contributed by atoms with E-state index in [2.05, 4.69) is 0 Å². The summed E-state index contributed by atoms with van der Waals surface area (Å²) >= 11 is 12.6. The molecule has 1 aromatic rings. The van der Waals surface area contributed by atoms with Crippen molar-refractivity contribution in [1.29, 1.82) is 0 Å². The molecule has 0 saturated heterocycles. The van der Waals surface area contributed by atoms with Gasteiger partial charge in [0.25, 0.3) is 0 Å². The molecule has 82 valence electrons. The Labute approximate surface area is 103 Å². The third-order valence-corrected chi connectivity index (χ3v) is 2.65. The van der Waals surface area contributed by atoms with E-state index in [1.54, 1.807) is 18.2 Å². The number of carbonyl (C=O) groups excluding carboxylic acids is 1. The van der Waals surface area contributed by atoms with Crippen LogP contribution in [0.4, 0.5) is 4.79 Å². The van der Waals surface area contributed by atoms with Gasteiger partial charge in [-0.05, 0) is 36.4 Å². The lowest BCUT2D eigenvalue weighted by Crippen LogP contribution is -1.97. The number of halogens is 2. The number of ether oxygens (including phenoxy) is 1. The Kier molecular flexibility index (Phi) is 5.29. The van der Waals surface area contributed by atoms with Crippen molar-refractivity contribution in [3.8, 4) is 0 Å². The Morgan fingerprint density at radius 1 is 1.33 bits per heavy atom. The second-order valence-corrected chi connectivity index (χ2v) is 4.69. The van der Waals surface area contributed by atoms with E-state index < -0.39 is 0 Å². The Balaban J connectivity index is 2.60. The van der Waals surface area contributed by atoms with E-state index in [1.165, 1.54) is 0 Å². The SMILES string of the molecule is CCCOC(=O)Sc1cc(Cl)cc(Cl)c1. The molecule has 0 bridgehead atoms. The van der Waals surface area contributed by atoms with E-state index in [1.807, 2.05) is 6.92 Å². The Bertz CT molecular complexity index is 335. The lowest BCUT2D eigenvalue weighted by atomic mass is 10.4. The second-order valence-electron chi connectivity index (χ2n) is 2.81. The van der Waals surface area contributed by atoms with Crippen molar-refractivity contribution in [3.05, 3.63) is 28.2 Å². The van der Waals surface area contributed by atoms with Crippen molar-refractivity contribution in [1.82, 2.24) is 0 Å². The van der Waals surface area contributed by atoms with Gasteiger partial charge in [0.1, 0.15) is 0 Å². The first kappa shape index (κ1) is 12.7. The van der Waals surface area contributed by atoms with Crippen LogP contribution in [-0.2, 0) is 4.74 Å². The third-order valence-electron chi connectivity index (χ3n) is 1.46. The minimum Gasteiger partial charge on any atom is -0.457 e. The number of carbonyl (C=O) groups is 1. The van der Waals surface area contributed by atoms with Crippen LogP contribution in [0.5, 0.6) is 0 Å². The van der Waals surface area contributed by atoms with Crippen LogP contribution in [0.25, 0.3) is 0 Å². The highest BCUT2D eigenvalue weighted by Gasteiger charge is 2.07. The topological polar surface area (TPSA) is 26.3 Å². The van der Waals surface area contributed by atoms with Crippen LogP contribution in [0.3, 0.4) is 0 Å². The van der Waals surface area contributed by atoms with Crippen LogP contribution in [0.1, 0.15) is 13.3 Å². The Hall–Kier alpha value is -0.380. The fourth-order valence-corrected chi connectivity index (χ4v) is 2.26. The van der Waals surface area contributed by atoms with Gasteiger partial charge in [0.2, 0.25) is 0 Å². The molecule has 0 N–H and O–H groups in total. The van der Waals surface area contributed by atoms with Crippen molar-refractivity contribution in [2.24, 2.45) is 0 Å². The van der Waals surface area contributed by atoms with Gasteiger partial charge in [-0.15, -0.1) is 0 Å². The lowest BCUT2D eigenvalue weighted by molar-refractivity contribution is 0.175. The van der Waals surface area contributed by atoms with Crippen molar-refractivity contribution < 1.29 is 9.53 Å². The standard InChI is InChI=1S/C10H10Cl2O2S/c1-2-3-14-10(13)15-9-5-7(11)4-8(12)6-9/h4-6H,2-3H2,1H3. The van der Waals surface area contributed by atoms with Crippen LogP contribution in [0, 0.1) is 0 Å². The Morgan fingerprint density at radius 2 is 1.93 bits per heavy atom. The highest BCUT2D eigenvalue weighted by atomic mass is 35.5. The fourth-order valence-electron chi connectivity index (χ4n) is 0.899. The second kappa shape index (κ2) is 6.26. The minimum absolute atomic E-state index is 0.338. The fraction of sp³-hybridized carbons (Fsp3) is 0.300. The zero-order valence-electron chi connectivity index (χ0n) is 8.13. The maximum atomic E-state index is 11.2. The lowest BCUT2D eigenvalue weighted by Gasteiger charge is -2.03. The molecule has 0 aliphatic carbocycles. The molecular formula is C10H10Cl2O2S. The van der Waals surface area contributed by atoms with Crippen LogP contribution >= 0.6 is 35.0 Å². The molecule has 1 aromatic carbocycles. The first-order chi connectivity index (χ1) is 7.11. The molecule has 0 unspecified atom stereocenters. The molecule has 0 amide bonds. The summed E-state index contributed by atoms with van der Waals surface area (Å²) in [6, 6.07) is 4.96. The van der Waals surface area contributed by atoms with Gasteiger partial charge in [-0.2, -0.15) is 0 Å². The number of hydrogen-bond donors (Lipinski definition) is 0. The number of benzene rings is 1. The van der Waals surface area contributed by atoms with E-state index in [9.17, 15) is 4.79 Å². The summed E-state index contributed by atoms with van der Waals surface area (Å²) in [5, 5.41) is 0.678. The predicted octanol–water partition coefficient (Wildman–Crippen LogP) is 4.63. The largest absolute Gasteiger partial charge is 0.457 e. The van der Waals surface area contributed by atoms with Gasteiger partial charge in [0, 0.05) is 14.9 Å². The van der Waals surface area contributed by atoms with Crippen LogP contribution < -0.4 is 0 Å². The first-order valence-corrected chi connectivity index (χ1v) is 5.99. The van der Waals surface area contributed by atoms with Crippen LogP contribution in [0.2, 0.25) is 10.0 Å². The van der Waals surface area contributed by atoms with Gasteiger partial charge in [-0.25, -0.2) is 4.79 Å². The van der Waals surface area contributed by atoms with E-state index in [0.29, 0.717) is 21.5 Å². The van der Waals surface area contributed by atoms with Gasteiger partial charge < -0.3 is 4.74 Å². The molecule has 0 aliphatic rings. The molecule has 2 nitrogen and oxygen atoms in total. The number of rotatable bonds is 3. The van der Waals surface area contributed by atoms with E-state index >= 15 is 0 Å². The molecule has 0 spiro atoms. The van der Waals surface area contributed by atoms with Crippen molar-refractivity contribution in [2.45, 2.75) is 18.2 Å². The van der Waals surface area contributed by atoms with Gasteiger partial charge in [0.05, 0.1) is 6.61 Å². The molecule has 0 radical (unpaired) electrons. The van der Waals surface area contributed by atoms with Crippen molar-refractivity contribution >= 4 is 40.3 Å². The molecule has 1 rings (SSSR count). The van der Waals surface area contributed by atoms with Crippen molar-refractivity contribution in [2.75, 3.05) is 6.61 Å². The zero-order chi connectivity index (χ0) is 11.3. The highest BCUT2D eigenvalue weighted by Crippen LogP contribution is 2.27. The summed E-state index contributed by atoms with van der Waals surface area (Å²) in [4.78, 5) is 11.9. The van der Waals surface area contributed by atoms with Gasteiger partial charge in [-0.3, -0.25) is 0 Å². The third kappa shape index (κ3) is 4.78. The summed E-state index contributed by atoms with van der Waals surface area (Å²) in [6.07, 6.45) is 0.808. The zero-order valence-corrected chi connectivity index (χ0v) is 10.5. The monoisotopic (exact) mass is 264 g/mol. The molecule has 0 atom stereocenters. The Morgan fingerprint density at radius 3 is 2.47 bits per heavy atom. The van der Waals surface area contributed by atoms with Gasteiger partial charge in [0.15, 0.2) is 0 Å². The molecule has 0 aliphatic heterocycles. The molecular weight excluding hydrogens is 255 g/mol. The van der Waals surface area contributed by atoms with Crippen LogP contribution in [-0.4, -0.2) is 11.9 Å². The molecule has 0 saturated carbocycles. The molecule has 0 heterocycles. The smallest absolute Gasteiger partial charge is 0.372 e. The van der Waals surface area contributed by atoms with E-state index in [4.69, 9.17) is 27.9 Å². The normalized spacial score (nSPS) is 10.1. The summed E-state index contributed by atoms with van der Waals surface area (Å²) in [5.74, 6) is 0. The predicted molar refractivity (Wildman–Crippen MR) is 64.0 cm³/mol. The van der Waals surface area contributed by atoms with E-state index in [0.717, 1.165) is 18.2 Å². The quantitative estimate of drug-likeness (QED) is 0.588. The van der Waals surface area contributed by atoms with Gasteiger partial charge >= 0.3 is 5.30 Å². The highest BCUT2D eigenvalue weighted by molar-refractivity contribution is 8.13. The summed E-state index contributed by atoms with van der Waals surface area (Å²) in [5.41, 5.74) is 0. The maximum absolute atomic E-state index is 11.2. The molecule has 5 heteroatoms. The minimum atomic E-state index is -0.338. The number of hydrogen-bond acceptors (Lipinski definition) is 3. The number of thioether (sulfide) groups is 1. The summed E-state index contributed by atoms with van der Waals surface area (Å²) in [6.45, 7) is 2.37. The van der Waals surface area contributed by atoms with Crippen molar-refractivity contribution in [3.63, 3.8) is 0 Å². The van der Waals surface area contributed by atoms with E-state index in [-0.39, 0.29) is 5.30 Å². The van der Waals surface area contributed by atoms with Gasteiger partial charge in [-0.1, -0.05) is 30.1 Å². The summed E-state index contributed by atoms with van der Waals surface area (Å²) in [7, 11) is 0. The molecule has 0 aromatic heterocycles. The average Bonchev–Trinajstić information content (AvgIpc) is 2.13. The van der Waals surface area contributed by atoms with Crippen LogP contribution in [0.15, 0.2) is 23.1 Å². The molecule has 0 fully saturated rings. The maximum Gasteiger partial charge on any atom is 0.372 e. The summed E-state index contributed by atoms with van der Waals surface area (Å²) < 4.78 is 4.91. The first-order valence-electron chi connectivity index (χ1n) is 4.42.